The van der Waals surface area contributed by atoms with Crippen molar-refractivity contribution in [2.24, 2.45) is 0 Å². The van der Waals surface area contributed by atoms with Crippen molar-refractivity contribution in [1.29, 1.82) is 0 Å². The van der Waals surface area contributed by atoms with Crippen LogP contribution in [0.4, 0.5) is 5.69 Å². The summed E-state index contributed by atoms with van der Waals surface area (Å²) in [6.45, 7) is 0. The maximum absolute atomic E-state index is 12.1. The van der Waals surface area contributed by atoms with Gasteiger partial charge in [-0.1, -0.05) is 12.1 Å². The van der Waals surface area contributed by atoms with E-state index in [0.717, 1.165) is 0 Å². The monoisotopic (exact) mass is 370 g/mol. The molecular formula is C19H18N2O6. The number of para-hydroxylation sites is 1. The van der Waals surface area contributed by atoms with Gasteiger partial charge in [-0.25, -0.2) is 0 Å². The Morgan fingerprint density at radius 2 is 1.59 bits per heavy atom. The average Bonchev–Trinajstić information content (AvgIpc) is 2.66. The van der Waals surface area contributed by atoms with Crippen LogP contribution in [0.5, 0.6) is 5.75 Å². The van der Waals surface area contributed by atoms with Crippen molar-refractivity contribution in [3.63, 3.8) is 0 Å². The van der Waals surface area contributed by atoms with Gasteiger partial charge in [-0.05, 0) is 36.4 Å². The van der Waals surface area contributed by atoms with Crippen LogP contribution >= 0.6 is 0 Å². The summed E-state index contributed by atoms with van der Waals surface area (Å²) in [5.74, 6) is -2.45. The molecule has 0 aliphatic carbocycles. The summed E-state index contributed by atoms with van der Waals surface area (Å²) in [5, 5.41) is 14.4. The van der Waals surface area contributed by atoms with Gasteiger partial charge >= 0.3 is 5.97 Å². The molecule has 3 amide bonds. The zero-order chi connectivity index (χ0) is 19.8. The predicted molar refractivity (Wildman–Crippen MR) is 96.2 cm³/mol. The summed E-state index contributed by atoms with van der Waals surface area (Å²) in [7, 11) is 1.24. The second-order valence-electron chi connectivity index (χ2n) is 5.50. The van der Waals surface area contributed by atoms with Gasteiger partial charge in [0.25, 0.3) is 11.8 Å². The molecule has 0 fully saturated rings. The third kappa shape index (κ3) is 5.67. The molecule has 27 heavy (non-hydrogen) atoms. The van der Waals surface area contributed by atoms with E-state index in [2.05, 4.69) is 15.4 Å². The first kappa shape index (κ1) is 19.6. The second-order valence-corrected chi connectivity index (χ2v) is 5.50. The first-order valence-electron chi connectivity index (χ1n) is 8.01. The Kier molecular flexibility index (Phi) is 6.65. The Morgan fingerprint density at radius 1 is 0.926 bits per heavy atom. The van der Waals surface area contributed by atoms with E-state index in [1.54, 1.807) is 12.1 Å². The first-order chi connectivity index (χ1) is 12.9. The lowest BCUT2D eigenvalue weighted by Crippen LogP contribution is -2.30. The van der Waals surface area contributed by atoms with E-state index in [9.17, 15) is 24.3 Å². The number of hydrogen-bond donors (Lipinski definition) is 3. The molecule has 0 unspecified atom stereocenters. The maximum Gasteiger partial charge on any atom is 0.306 e. The fourth-order valence-corrected chi connectivity index (χ4v) is 2.15. The number of methoxy groups -OCH3 is 1. The Labute approximate surface area is 155 Å². The van der Waals surface area contributed by atoms with Gasteiger partial charge in [0.05, 0.1) is 19.1 Å². The van der Waals surface area contributed by atoms with Crippen LogP contribution in [-0.2, 0) is 14.3 Å². The maximum atomic E-state index is 12.1. The Morgan fingerprint density at radius 3 is 2.22 bits per heavy atom. The van der Waals surface area contributed by atoms with Crippen molar-refractivity contribution >= 4 is 29.4 Å². The summed E-state index contributed by atoms with van der Waals surface area (Å²) >= 11 is 0. The van der Waals surface area contributed by atoms with Gasteiger partial charge in [-0.3, -0.25) is 24.5 Å². The molecule has 8 heteroatoms. The largest absolute Gasteiger partial charge is 0.507 e. The van der Waals surface area contributed by atoms with Crippen LogP contribution in [0.25, 0.3) is 0 Å². The van der Waals surface area contributed by atoms with Crippen LogP contribution in [0.3, 0.4) is 0 Å². The predicted octanol–water partition coefficient (Wildman–Crippen LogP) is 1.85. The number of amides is 3. The van der Waals surface area contributed by atoms with Gasteiger partial charge in [-0.2, -0.15) is 0 Å². The van der Waals surface area contributed by atoms with E-state index in [-0.39, 0.29) is 35.6 Å². The Bertz CT molecular complexity index is 861. The molecule has 0 atom stereocenters. The van der Waals surface area contributed by atoms with Crippen molar-refractivity contribution in [3.8, 4) is 5.75 Å². The van der Waals surface area contributed by atoms with Gasteiger partial charge in [0, 0.05) is 17.7 Å². The van der Waals surface area contributed by atoms with E-state index >= 15 is 0 Å². The molecule has 3 N–H and O–H groups in total. The summed E-state index contributed by atoms with van der Waals surface area (Å²) in [5.41, 5.74) is 0.625. The van der Waals surface area contributed by atoms with E-state index in [1.165, 1.54) is 43.5 Å². The lowest BCUT2D eigenvalue weighted by Gasteiger charge is -2.08. The number of aromatic hydroxyl groups is 1. The minimum atomic E-state index is -0.724. The normalized spacial score (nSPS) is 9.96. The molecule has 2 aromatic carbocycles. The molecule has 2 rings (SSSR count). The SMILES string of the molecule is COC(=O)CCC(=O)Nc1ccc(C(=O)NC(=O)c2ccccc2O)cc1. The van der Waals surface area contributed by atoms with Crippen LogP contribution in [0.2, 0.25) is 0 Å². The zero-order valence-electron chi connectivity index (χ0n) is 14.5. The van der Waals surface area contributed by atoms with Crippen molar-refractivity contribution in [1.82, 2.24) is 5.32 Å². The van der Waals surface area contributed by atoms with Crippen molar-refractivity contribution in [2.75, 3.05) is 12.4 Å². The highest BCUT2D eigenvalue weighted by molar-refractivity contribution is 6.11. The van der Waals surface area contributed by atoms with Gasteiger partial charge in [0.15, 0.2) is 0 Å². The number of esters is 1. The number of anilines is 1. The van der Waals surface area contributed by atoms with E-state index in [4.69, 9.17) is 0 Å². The van der Waals surface area contributed by atoms with Crippen LogP contribution in [0.15, 0.2) is 48.5 Å². The Hall–Kier alpha value is -3.68. The molecule has 0 aliphatic rings. The minimum absolute atomic E-state index is 0.0136. The van der Waals surface area contributed by atoms with Crippen molar-refractivity contribution in [3.05, 3.63) is 59.7 Å². The number of hydrogen-bond acceptors (Lipinski definition) is 6. The highest BCUT2D eigenvalue weighted by Crippen LogP contribution is 2.16. The summed E-state index contributed by atoms with van der Waals surface area (Å²) in [6, 6.07) is 11.7. The Balaban J connectivity index is 1.93. The second kappa shape index (κ2) is 9.14. The number of imide groups is 1. The van der Waals surface area contributed by atoms with Gasteiger partial charge < -0.3 is 15.2 Å². The van der Waals surface area contributed by atoms with Gasteiger partial charge in [0.1, 0.15) is 5.75 Å². The number of rotatable bonds is 6. The van der Waals surface area contributed by atoms with Crippen molar-refractivity contribution in [2.45, 2.75) is 12.8 Å². The van der Waals surface area contributed by atoms with Gasteiger partial charge in [0.2, 0.25) is 5.91 Å². The highest BCUT2D eigenvalue weighted by atomic mass is 16.5. The summed E-state index contributed by atoms with van der Waals surface area (Å²) in [4.78, 5) is 46.9. The summed E-state index contributed by atoms with van der Waals surface area (Å²) < 4.78 is 4.46. The molecule has 0 bridgehead atoms. The third-order valence-corrected chi connectivity index (χ3v) is 3.59. The fourth-order valence-electron chi connectivity index (χ4n) is 2.15. The summed E-state index contributed by atoms with van der Waals surface area (Å²) in [6.07, 6.45) is -0.0543. The van der Waals surface area contributed by atoms with Crippen LogP contribution < -0.4 is 10.6 Å². The third-order valence-electron chi connectivity index (χ3n) is 3.59. The first-order valence-corrected chi connectivity index (χ1v) is 8.01. The number of phenolic OH excluding ortho intramolecular Hbond substituents is 1. The average molecular weight is 370 g/mol. The molecule has 0 aromatic heterocycles. The van der Waals surface area contributed by atoms with Crippen LogP contribution in [0.1, 0.15) is 33.6 Å². The lowest BCUT2D eigenvalue weighted by molar-refractivity contribution is -0.141. The van der Waals surface area contributed by atoms with Crippen LogP contribution in [0, 0.1) is 0 Å². The minimum Gasteiger partial charge on any atom is -0.507 e. The number of nitrogens with one attached hydrogen (secondary N) is 2. The molecular weight excluding hydrogens is 352 g/mol. The molecule has 8 nitrogen and oxygen atoms in total. The zero-order valence-corrected chi connectivity index (χ0v) is 14.5. The molecule has 0 saturated heterocycles. The number of carbonyl (C=O) groups excluding carboxylic acids is 4. The number of phenols is 1. The topological polar surface area (TPSA) is 122 Å². The van der Waals surface area contributed by atoms with Crippen LogP contribution in [-0.4, -0.2) is 35.9 Å². The lowest BCUT2D eigenvalue weighted by atomic mass is 10.1. The molecule has 0 radical (unpaired) electrons. The molecule has 2 aromatic rings. The molecule has 140 valence electrons. The van der Waals surface area contributed by atoms with Gasteiger partial charge in [-0.15, -0.1) is 0 Å². The molecule has 0 spiro atoms. The number of benzene rings is 2. The van der Waals surface area contributed by atoms with E-state index < -0.39 is 17.8 Å². The smallest absolute Gasteiger partial charge is 0.306 e. The molecule has 0 saturated carbocycles. The quantitative estimate of drug-likeness (QED) is 0.527. The van der Waals surface area contributed by atoms with Crippen molar-refractivity contribution < 1.29 is 29.0 Å². The molecule has 0 heterocycles. The standard InChI is InChI=1S/C19H18N2O6/c1-27-17(24)11-10-16(23)20-13-8-6-12(7-9-13)18(25)21-19(26)14-4-2-3-5-15(14)22/h2-9,22H,10-11H2,1H3,(H,20,23)(H,21,25,26). The fraction of sp³-hybridized carbons (Fsp3) is 0.158. The van der Waals surface area contributed by atoms with E-state index in [1.807, 2.05) is 0 Å². The number of ether oxygens (including phenoxy) is 1. The molecule has 0 aliphatic heterocycles. The number of carbonyl (C=O) groups is 4. The van der Waals surface area contributed by atoms with E-state index in [0.29, 0.717) is 5.69 Å². The highest BCUT2D eigenvalue weighted by Gasteiger charge is 2.15.